The van der Waals surface area contributed by atoms with Gasteiger partial charge in [-0.2, -0.15) is 0 Å². The molecule has 1 aliphatic rings. The van der Waals surface area contributed by atoms with E-state index in [2.05, 4.69) is 9.44 Å². The smallest absolute Gasteiger partial charge is 0.335 e. The number of aromatic carboxylic acids is 1. The van der Waals surface area contributed by atoms with Crippen molar-refractivity contribution in [3.05, 3.63) is 48.0 Å². The molecule has 11 heteroatoms. The molecule has 2 aromatic rings. The Bertz CT molecular complexity index is 1110. The van der Waals surface area contributed by atoms with Crippen LogP contribution in [-0.2, 0) is 20.0 Å². The third kappa shape index (κ3) is 4.43. The van der Waals surface area contributed by atoms with Gasteiger partial charge >= 0.3 is 5.97 Å². The van der Waals surface area contributed by atoms with Crippen LogP contribution in [0.2, 0.25) is 0 Å². The zero-order valence-electron chi connectivity index (χ0n) is 14.7. The molecule has 0 saturated heterocycles. The maximum atomic E-state index is 12.7. The lowest BCUT2D eigenvalue weighted by Crippen LogP contribution is -2.25. The first-order valence-corrected chi connectivity index (χ1v) is 11.2. The molecule has 3 rings (SSSR count). The van der Waals surface area contributed by atoms with Crippen LogP contribution in [0.3, 0.4) is 0 Å². The van der Waals surface area contributed by atoms with Gasteiger partial charge in [-0.1, -0.05) is 0 Å². The second-order valence-electron chi connectivity index (χ2n) is 6.20. The van der Waals surface area contributed by atoms with E-state index in [1.165, 1.54) is 43.5 Å². The monoisotopic (exact) mass is 426 g/mol. The number of carboxylic acids is 1. The first kappa shape index (κ1) is 20.1. The molecule has 2 aromatic carbocycles. The molecule has 1 saturated carbocycles. The van der Waals surface area contributed by atoms with Crippen LogP contribution in [0.4, 0.5) is 5.69 Å². The van der Waals surface area contributed by atoms with Crippen molar-refractivity contribution in [1.82, 2.24) is 4.72 Å². The van der Waals surface area contributed by atoms with Crippen LogP contribution >= 0.6 is 0 Å². The number of methoxy groups -OCH3 is 1. The van der Waals surface area contributed by atoms with Gasteiger partial charge in [0.2, 0.25) is 10.0 Å². The van der Waals surface area contributed by atoms with Gasteiger partial charge in [-0.15, -0.1) is 0 Å². The zero-order chi connectivity index (χ0) is 20.5. The summed E-state index contributed by atoms with van der Waals surface area (Å²) in [6.07, 6.45) is 1.60. The Morgan fingerprint density at radius 3 is 2.21 bits per heavy atom. The average Bonchev–Trinajstić information content (AvgIpc) is 3.44. The molecule has 0 unspecified atom stereocenters. The van der Waals surface area contributed by atoms with E-state index in [9.17, 15) is 21.6 Å². The molecule has 0 bridgehead atoms. The number of nitrogens with one attached hydrogen (secondary N) is 2. The minimum atomic E-state index is -4.17. The Kier molecular flexibility index (Phi) is 5.33. The lowest BCUT2D eigenvalue weighted by Gasteiger charge is -2.13. The van der Waals surface area contributed by atoms with Gasteiger partial charge in [0.25, 0.3) is 10.0 Å². The first-order valence-electron chi connectivity index (χ1n) is 8.19. The van der Waals surface area contributed by atoms with Crippen molar-refractivity contribution in [1.29, 1.82) is 0 Å². The second-order valence-corrected chi connectivity index (χ2v) is 9.56. The summed E-state index contributed by atoms with van der Waals surface area (Å²) in [7, 11) is -6.56. The third-order valence-corrected chi connectivity index (χ3v) is 6.95. The summed E-state index contributed by atoms with van der Waals surface area (Å²) < 4.78 is 59.5. The van der Waals surface area contributed by atoms with E-state index in [4.69, 9.17) is 9.84 Å². The molecule has 9 nitrogen and oxygen atoms in total. The molecule has 1 aliphatic carbocycles. The molecule has 0 heterocycles. The standard InChI is InChI=1S/C17H18N2O7S2/c1-26-15-9-2-11(17(20)21)10-16(15)28(24,25)19-13-5-7-14(8-6-13)27(22,23)18-12-3-4-12/h2,5-10,12,18-19H,3-4H2,1H3,(H,20,21). The van der Waals surface area contributed by atoms with Crippen molar-refractivity contribution in [2.45, 2.75) is 28.7 Å². The lowest BCUT2D eigenvalue weighted by molar-refractivity contribution is 0.0696. The van der Waals surface area contributed by atoms with Crippen LogP contribution < -0.4 is 14.2 Å². The highest BCUT2D eigenvalue weighted by atomic mass is 32.2. The van der Waals surface area contributed by atoms with Crippen molar-refractivity contribution >= 4 is 31.7 Å². The predicted molar refractivity (Wildman–Crippen MR) is 101 cm³/mol. The van der Waals surface area contributed by atoms with Crippen molar-refractivity contribution in [2.75, 3.05) is 11.8 Å². The van der Waals surface area contributed by atoms with E-state index in [0.717, 1.165) is 18.9 Å². The van der Waals surface area contributed by atoms with Gasteiger partial charge < -0.3 is 9.84 Å². The molecule has 0 aromatic heterocycles. The van der Waals surface area contributed by atoms with Gasteiger partial charge in [-0.05, 0) is 55.3 Å². The first-order chi connectivity index (χ1) is 13.1. The fourth-order valence-electron chi connectivity index (χ4n) is 2.42. The Morgan fingerprint density at radius 1 is 1.04 bits per heavy atom. The average molecular weight is 426 g/mol. The third-order valence-electron chi connectivity index (χ3n) is 4.02. The molecule has 0 aliphatic heterocycles. The number of benzene rings is 2. The fraction of sp³-hybridized carbons (Fsp3) is 0.235. The molecule has 0 spiro atoms. The summed E-state index contributed by atoms with van der Waals surface area (Å²) in [5.41, 5.74) is -0.0954. The number of carbonyl (C=O) groups is 1. The molecule has 0 atom stereocenters. The maximum absolute atomic E-state index is 12.7. The van der Waals surface area contributed by atoms with Crippen LogP contribution in [-0.4, -0.2) is 41.1 Å². The highest BCUT2D eigenvalue weighted by molar-refractivity contribution is 7.92. The maximum Gasteiger partial charge on any atom is 0.335 e. The molecular formula is C17H18N2O7S2. The number of anilines is 1. The summed E-state index contributed by atoms with van der Waals surface area (Å²) in [6, 6.07) is 8.61. The van der Waals surface area contributed by atoms with Crippen LogP contribution in [0.15, 0.2) is 52.3 Å². The van der Waals surface area contributed by atoms with Gasteiger partial charge in [-0.3, -0.25) is 4.72 Å². The van der Waals surface area contributed by atoms with Crippen LogP contribution in [0.5, 0.6) is 5.75 Å². The zero-order valence-corrected chi connectivity index (χ0v) is 16.4. The number of carboxylic acid groups (broad SMARTS) is 1. The minimum Gasteiger partial charge on any atom is -0.495 e. The number of hydrogen-bond donors (Lipinski definition) is 3. The van der Waals surface area contributed by atoms with Crippen molar-refractivity contribution < 1.29 is 31.5 Å². The summed E-state index contributed by atoms with van der Waals surface area (Å²) in [6.45, 7) is 0. The second kappa shape index (κ2) is 7.41. The molecular weight excluding hydrogens is 408 g/mol. The lowest BCUT2D eigenvalue weighted by atomic mass is 10.2. The Balaban J connectivity index is 1.86. The quantitative estimate of drug-likeness (QED) is 0.583. The van der Waals surface area contributed by atoms with Crippen molar-refractivity contribution in [2.24, 2.45) is 0 Å². The Hall–Kier alpha value is -2.63. The SMILES string of the molecule is COc1ccc(C(=O)O)cc1S(=O)(=O)Nc1ccc(S(=O)(=O)NC2CC2)cc1. The van der Waals surface area contributed by atoms with Gasteiger partial charge in [0, 0.05) is 11.7 Å². The van der Waals surface area contributed by atoms with Crippen molar-refractivity contribution in [3.8, 4) is 5.75 Å². The molecule has 1 fully saturated rings. The van der Waals surface area contributed by atoms with Gasteiger partial charge in [0.05, 0.1) is 17.6 Å². The van der Waals surface area contributed by atoms with Crippen LogP contribution in [0.1, 0.15) is 23.2 Å². The Morgan fingerprint density at radius 2 is 1.68 bits per heavy atom. The fourth-order valence-corrected chi connectivity index (χ4v) is 4.98. The number of sulfonamides is 2. The number of ether oxygens (including phenoxy) is 1. The van der Waals surface area contributed by atoms with Gasteiger partial charge in [0.15, 0.2) is 0 Å². The number of rotatable bonds is 8. The summed E-state index contributed by atoms with van der Waals surface area (Å²) in [5, 5.41) is 9.08. The highest BCUT2D eigenvalue weighted by Gasteiger charge is 2.28. The number of hydrogen-bond acceptors (Lipinski definition) is 6. The summed E-state index contributed by atoms with van der Waals surface area (Å²) in [4.78, 5) is 10.8. The van der Waals surface area contributed by atoms with E-state index in [0.29, 0.717) is 0 Å². The Labute approximate surface area is 162 Å². The molecule has 3 N–H and O–H groups in total. The largest absolute Gasteiger partial charge is 0.495 e. The van der Waals surface area contributed by atoms with E-state index < -0.39 is 26.0 Å². The molecule has 150 valence electrons. The van der Waals surface area contributed by atoms with Crippen LogP contribution in [0.25, 0.3) is 0 Å². The highest BCUT2D eigenvalue weighted by Crippen LogP contribution is 2.28. The van der Waals surface area contributed by atoms with E-state index in [-0.39, 0.29) is 32.8 Å². The van der Waals surface area contributed by atoms with Crippen LogP contribution in [0, 0.1) is 0 Å². The topological polar surface area (TPSA) is 139 Å². The van der Waals surface area contributed by atoms with E-state index >= 15 is 0 Å². The molecule has 0 amide bonds. The van der Waals surface area contributed by atoms with Gasteiger partial charge in [0.1, 0.15) is 10.6 Å². The van der Waals surface area contributed by atoms with E-state index in [1.807, 2.05) is 0 Å². The minimum absolute atomic E-state index is 0.0211. The molecule has 0 radical (unpaired) electrons. The molecule has 28 heavy (non-hydrogen) atoms. The predicted octanol–water partition coefficient (Wildman–Crippen LogP) is 1.63. The summed E-state index contributed by atoms with van der Waals surface area (Å²) >= 11 is 0. The summed E-state index contributed by atoms with van der Waals surface area (Å²) in [5.74, 6) is -1.30. The van der Waals surface area contributed by atoms with Gasteiger partial charge in [-0.25, -0.2) is 26.4 Å². The normalized spacial score (nSPS) is 14.5. The van der Waals surface area contributed by atoms with E-state index in [1.54, 1.807) is 0 Å². The van der Waals surface area contributed by atoms with Crippen molar-refractivity contribution in [3.63, 3.8) is 0 Å².